The minimum absolute atomic E-state index is 0.113. The molecule has 0 amide bonds. The zero-order chi connectivity index (χ0) is 23.5. The number of hydrogen-bond donors (Lipinski definition) is 3. The highest BCUT2D eigenvalue weighted by molar-refractivity contribution is 7.18. The van der Waals surface area contributed by atoms with Gasteiger partial charge in [-0.15, -0.1) is 11.3 Å². The first kappa shape index (κ1) is 23.8. The number of rotatable bonds is 7. The zero-order valence-electron chi connectivity index (χ0n) is 19.5. The third-order valence-corrected chi connectivity index (χ3v) is 11.4. The highest BCUT2D eigenvalue weighted by Gasteiger charge is 2.39. The lowest BCUT2D eigenvalue weighted by Crippen LogP contribution is -2.43. The van der Waals surface area contributed by atoms with E-state index in [4.69, 9.17) is 9.84 Å². The number of nitrogens with one attached hydrogen (secondary N) is 3. The zero-order valence-corrected chi connectivity index (χ0v) is 21.3. The van der Waals surface area contributed by atoms with E-state index in [9.17, 15) is 4.79 Å². The highest BCUT2D eigenvalue weighted by Crippen LogP contribution is 2.38. The number of benzene rings is 2. The number of anilines is 2. The molecule has 3 rings (SSSR count). The fourth-order valence-corrected chi connectivity index (χ4v) is 5.01. The van der Waals surface area contributed by atoms with Crippen molar-refractivity contribution in [2.45, 2.75) is 38.9 Å². The molecule has 0 unspecified atom stereocenters. The molecule has 0 saturated heterocycles. The second-order valence-corrected chi connectivity index (χ2v) is 15.0. The highest BCUT2D eigenvalue weighted by atomic mass is 32.1. The van der Waals surface area contributed by atoms with Gasteiger partial charge in [0.2, 0.25) is 8.32 Å². The van der Waals surface area contributed by atoms with Crippen LogP contribution in [0.3, 0.4) is 0 Å². The number of carbonyl (C=O) groups is 1. The lowest BCUT2D eigenvalue weighted by atomic mass is 10.1. The van der Waals surface area contributed by atoms with E-state index in [-0.39, 0.29) is 5.04 Å². The average Bonchev–Trinajstić information content (AvgIpc) is 3.17. The fraction of sp³-hybridized carbons (Fsp3) is 0.280. The van der Waals surface area contributed by atoms with Gasteiger partial charge in [0, 0.05) is 29.2 Å². The summed E-state index contributed by atoms with van der Waals surface area (Å²) in [6.07, 6.45) is 0.838. The van der Waals surface area contributed by atoms with Crippen LogP contribution in [0.2, 0.25) is 18.1 Å². The minimum Gasteiger partial charge on any atom is -0.543 e. The van der Waals surface area contributed by atoms with Gasteiger partial charge in [-0.05, 0) is 41.9 Å². The Kier molecular flexibility index (Phi) is 6.90. The summed E-state index contributed by atoms with van der Waals surface area (Å²) in [6, 6.07) is 17.3. The number of thiophene rings is 1. The van der Waals surface area contributed by atoms with Crippen molar-refractivity contribution in [3.8, 4) is 16.2 Å². The van der Waals surface area contributed by atoms with Crippen molar-refractivity contribution in [2.24, 2.45) is 0 Å². The largest absolute Gasteiger partial charge is 0.543 e. The lowest BCUT2D eigenvalue weighted by molar-refractivity contribution is 0.112. The van der Waals surface area contributed by atoms with E-state index in [1.54, 1.807) is 12.1 Å². The number of carbonyl (C=O) groups excluding carboxylic acids is 1. The molecule has 0 bridgehead atoms. The Balaban J connectivity index is 1.81. The Morgan fingerprint density at radius 3 is 2.38 bits per heavy atom. The molecule has 3 aromatic rings. The fourth-order valence-electron chi connectivity index (χ4n) is 2.92. The molecule has 0 atom stereocenters. The Morgan fingerprint density at radius 2 is 1.78 bits per heavy atom. The summed E-state index contributed by atoms with van der Waals surface area (Å²) in [7, 11) is -0.0866. The molecule has 0 radical (unpaired) electrons. The monoisotopic (exact) mass is 465 g/mol. The molecule has 0 fully saturated rings. The summed E-state index contributed by atoms with van der Waals surface area (Å²) in [5.41, 5.74) is 3.36. The molecule has 0 spiro atoms. The van der Waals surface area contributed by atoms with Crippen molar-refractivity contribution in [2.75, 3.05) is 17.7 Å². The summed E-state index contributed by atoms with van der Waals surface area (Å²) in [5.74, 6) is 1.14. The van der Waals surface area contributed by atoms with Crippen LogP contribution in [0.4, 0.5) is 11.4 Å². The summed E-state index contributed by atoms with van der Waals surface area (Å²) in [5, 5.41) is 15.2. The van der Waals surface area contributed by atoms with Crippen molar-refractivity contribution in [3.05, 3.63) is 65.0 Å². The molecule has 0 aliphatic heterocycles. The van der Waals surface area contributed by atoms with E-state index >= 15 is 0 Å². The van der Waals surface area contributed by atoms with Crippen LogP contribution in [-0.2, 0) is 0 Å². The van der Waals surface area contributed by atoms with Gasteiger partial charge in [0.15, 0.2) is 0 Å². The van der Waals surface area contributed by atoms with Gasteiger partial charge in [0.05, 0.1) is 10.6 Å². The van der Waals surface area contributed by atoms with E-state index in [1.807, 2.05) is 49.5 Å². The first-order chi connectivity index (χ1) is 15.0. The Morgan fingerprint density at radius 1 is 1.09 bits per heavy atom. The van der Waals surface area contributed by atoms with Crippen LogP contribution in [0.5, 0.6) is 5.75 Å². The van der Waals surface area contributed by atoms with Gasteiger partial charge in [-0.1, -0.05) is 51.1 Å². The van der Waals surface area contributed by atoms with E-state index in [1.165, 1.54) is 11.3 Å². The van der Waals surface area contributed by atoms with Crippen LogP contribution in [0.25, 0.3) is 10.4 Å². The van der Waals surface area contributed by atoms with Crippen LogP contribution < -0.4 is 15.1 Å². The van der Waals surface area contributed by atoms with Crippen LogP contribution >= 0.6 is 11.3 Å². The molecule has 168 valence electrons. The maximum Gasteiger partial charge on any atom is 0.250 e. The van der Waals surface area contributed by atoms with Crippen molar-refractivity contribution >= 4 is 43.2 Å². The van der Waals surface area contributed by atoms with E-state index < -0.39 is 8.32 Å². The Labute approximate surface area is 195 Å². The molecule has 2 aromatic carbocycles. The predicted octanol–water partition coefficient (Wildman–Crippen LogP) is 7.09. The van der Waals surface area contributed by atoms with Gasteiger partial charge >= 0.3 is 0 Å². The standard InChI is InChI=1S/C25H31N3O2SSi/c1-25(2,3)32(5,6)30-20-9-7-8-19(14-20)28-24(26)23-21(27-4)15-22(31-23)18-12-10-17(16-29)11-13-18/h7-16,27H,1-6H3,(H2,26,28). The third-order valence-electron chi connectivity index (χ3n) is 5.84. The number of amidine groups is 1. The Bertz CT molecular complexity index is 1110. The molecule has 1 aromatic heterocycles. The third kappa shape index (κ3) is 5.28. The molecule has 3 N–H and O–H groups in total. The summed E-state index contributed by atoms with van der Waals surface area (Å²) in [6.45, 7) is 11.1. The van der Waals surface area contributed by atoms with Crippen LogP contribution in [-0.4, -0.2) is 27.5 Å². The number of hydrogen-bond acceptors (Lipinski definition) is 5. The predicted molar refractivity (Wildman–Crippen MR) is 139 cm³/mol. The summed E-state index contributed by atoms with van der Waals surface area (Å²) >= 11 is 1.53. The summed E-state index contributed by atoms with van der Waals surface area (Å²) in [4.78, 5) is 12.8. The van der Waals surface area contributed by atoms with Gasteiger partial charge in [0.25, 0.3) is 0 Å². The second-order valence-electron chi connectivity index (χ2n) is 9.23. The SMILES string of the molecule is CNc1cc(-c2ccc(C=O)cc2)sc1C(=N)Nc1cccc(O[Si](C)(C)C(C)(C)C)c1. The molecule has 7 heteroatoms. The van der Waals surface area contributed by atoms with Crippen LogP contribution in [0.1, 0.15) is 36.0 Å². The average molecular weight is 466 g/mol. The normalized spacial score (nSPS) is 11.7. The van der Waals surface area contributed by atoms with Crippen molar-refractivity contribution in [1.82, 2.24) is 0 Å². The smallest absolute Gasteiger partial charge is 0.250 e. The van der Waals surface area contributed by atoms with Gasteiger partial charge in [-0.3, -0.25) is 10.2 Å². The number of aldehydes is 1. The maximum absolute atomic E-state index is 10.9. The van der Waals surface area contributed by atoms with Gasteiger partial charge in [-0.2, -0.15) is 0 Å². The van der Waals surface area contributed by atoms with E-state index in [0.29, 0.717) is 11.4 Å². The molecule has 32 heavy (non-hydrogen) atoms. The van der Waals surface area contributed by atoms with Crippen molar-refractivity contribution < 1.29 is 9.22 Å². The van der Waals surface area contributed by atoms with E-state index in [2.05, 4.69) is 44.5 Å². The van der Waals surface area contributed by atoms with Gasteiger partial charge < -0.3 is 15.1 Å². The quantitative estimate of drug-likeness (QED) is 0.151. The van der Waals surface area contributed by atoms with Crippen LogP contribution in [0, 0.1) is 5.41 Å². The first-order valence-electron chi connectivity index (χ1n) is 10.6. The summed E-state index contributed by atoms with van der Waals surface area (Å²) < 4.78 is 6.41. The van der Waals surface area contributed by atoms with Crippen molar-refractivity contribution in [3.63, 3.8) is 0 Å². The van der Waals surface area contributed by atoms with Gasteiger partial charge in [0.1, 0.15) is 17.9 Å². The first-order valence-corrected chi connectivity index (χ1v) is 14.3. The van der Waals surface area contributed by atoms with Gasteiger partial charge in [-0.25, -0.2) is 0 Å². The maximum atomic E-state index is 10.9. The minimum atomic E-state index is -1.94. The molecular formula is C25H31N3O2SSi. The Hall–Kier alpha value is -2.90. The topological polar surface area (TPSA) is 74.2 Å². The second kappa shape index (κ2) is 9.30. The van der Waals surface area contributed by atoms with E-state index in [0.717, 1.165) is 38.7 Å². The molecule has 0 aliphatic carbocycles. The molecule has 1 heterocycles. The molecule has 5 nitrogen and oxygen atoms in total. The molecule has 0 saturated carbocycles. The molecule has 0 aliphatic rings. The molecular weight excluding hydrogens is 434 g/mol. The van der Waals surface area contributed by atoms with Crippen molar-refractivity contribution in [1.29, 1.82) is 5.41 Å². The van der Waals surface area contributed by atoms with Crippen LogP contribution in [0.15, 0.2) is 54.6 Å². The lowest BCUT2D eigenvalue weighted by Gasteiger charge is -2.36.